The van der Waals surface area contributed by atoms with Gasteiger partial charge in [0.1, 0.15) is 18.2 Å². The van der Waals surface area contributed by atoms with Crippen LogP contribution in [0.4, 0.5) is 0 Å². The van der Waals surface area contributed by atoms with E-state index in [1.54, 1.807) is 6.08 Å². The first kappa shape index (κ1) is 50.3. The predicted molar refractivity (Wildman–Crippen MR) is 222 cm³/mol. The van der Waals surface area contributed by atoms with E-state index in [-0.39, 0.29) is 30.5 Å². The van der Waals surface area contributed by atoms with Crippen LogP contribution >= 0.6 is 0 Å². The Bertz CT molecular complexity index is 843. The molecular formula is C46H87NO5. The SMILES string of the molecule is CCCCCCCCCCCCCCCC=CC(OC(=O)CCC)C(NC(=O)CCCCCCCCCCCCCCCCC)C(O)C(=O)CCC. The summed E-state index contributed by atoms with van der Waals surface area (Å²) in [5, 5.41) is 14.0. The summed E-state index contributed by atoms with van der Waals surface area (Å²) in [7, 11) is 0. The number of hydrogen-bond acceptors (Lipinski definition) is 5. The van der Waals surface area contributed by atoms with Gasteiger partial charge in [-0.1, -0.05) is 201 Å². The highest BCUT2D eigenvalue weighted by Gasteiger charge is 2.34. The van der Waals surface area contributed by atoms with Gasteiger partial charge in [0.2, 0.25) is 5.91 Å². The minimum Gasteiger partial charge on any atom is -0.456 e. The van der Waals surface area contributed by atoms with Gasteiger partial charge in [-0.05, 0) is 38.2 Å². The van der Waals surface area contributed by atoms with Crippen LogP contribution in [0, 0.1) is 0 Å². The van der Waals surface area contributed by atoms with Crippen LogP contribution in [0.25, 0.3) is 0 Å². The molecule has 0 rings (SSSR count). The molecule has 1 amide bonds. The Morgan fingerprint density at radius 3 is 1.29 bits per heavy atom. The molecule has 3 atom stereocenters. The summed E-state index contributed by atoms with van der Waals surface area (Å²) in [5.41, 5.74) is 0. The van der Waals surface area contributed by atoms with E-state index < -0.39 is 18.2 Å². The number of amides is 1. The van der Waals surface area contributed by atoms with Crippen LogP contribution in [0.3, 0.4) is 0 Å². The number of hydrogen-bond donors (Lipinski definition) is 2. The van der Waals surface area contributed by atoms with Crippen LogP contribution in [-0.2, 0) is 19.1 Å². The van der Waals surface area contributed by atoms with E-state index in [0.29, 0.717) is 19.3 Å². The highest BCUT2D eigenvalue weighted by Crippen LogP contribution is 2.17. The lowest BCUT2D eigenvalue weighted by atomic mass is 9.97. The first-order valence-electron chi connectivity index (χ1n) is 22.8. The molecule has 6 nitrogen and oxygen atoms in total. The number of ether oxygens (including phenoxy) is 1. The minimum absolute atomic E-state index is 0.204. The summed E-state index contributed by atoms with van der Waals surface area (Å²) in [6, 6.07) is -0.994. The molecule has 0 aliphatic rings. The van der Waals surface area contributed by atoms with Crippen molar-refractivity contribution in [3.05, 3.63) is 12.2 Å². The van der Waals surface area contributed by atoms with Gasteiger partial charge in [0, 0.05) is 19.3 Å². The third-order valence-corrected chi connectivity index (χ3v) is 10.4. The Kier molecular flexibility index (Phi) is 37.7. The smallest absolute Gasteiger partial charge is 0.306 e. The zero-order chi connectivity index (χ0) is 38.3. The maximum absolute atomic E-state index is 13.1. The fourth-order valence-electron chi connectivity index (χ4n) is 7.01. The minimum atomic E-state index is -1.43. The molecule has 0 radical (unpaired) electrons. The molecule has 2 N–H and O–H groups in total. The number of carbonyl (C=O) groups is 3. The Morgan fingerprint density at radius 1 is 0.500 bits per heavy atom. The van der Waals surface area contributed by atoms with Crippen LogP contribution in [0.15, 0.2) is 12.2 Å². The molecule has 0 aromatic heterocycles. The third kappa shape index (κ3) is 31.8. The first-order chi connectivity index (χ1) is 25.4. The van der Waals surface area contributed by atoms with Gasteiger partial charge in [-0.25, -0.2) is 0 Å². The maximum Gasteiger partial charge on any atom is 0.306 e. The van der Waals surface area contributed by atoms with Crippen LogP contribution in [0.5, 0.6) is 0 Å². The zero-order valence-corrected chi connectivity index (χ0v) is 35.0. The molecule has 0 fully saturated rings. The number of nitrogens with one attached hydrogen (secondary N) is 1. The topological polar surface area (TPSA) is 92.7 Å². The van der Waals surface area contributed by atoms with Crippen molar-refractivity contribution in [1.29, 1.82) is 0 Å². The van der Waals surface area contributed by atoms with Crippen molar-refractivity contribution < 1.29 is 24.2 Å². The number of allylic oxidation sites excluding steroid dienone is 1. The highest BCUT2D eigenvalue weighted by molar-refractivity contribution is 5.85. The molecule has 3 unspecified atom stereocenters. The first-order valence-corrected chi connectivity index (χ1v) is 22.8. The van der Waals surface area contributed by atoms with Crippen molar-refractivity contribution >= 4 is 17.7 Å². The van der Waals surface area contributed by atoms with E-state index in [9.17, 15) is 19.5 Å². The Hall–Kier alpha value is -1.69. The van der Waals surface area contributed by atoms with Gasteiger partial charge >= 0.3 is 5.97 Å². The summed E-state index contributed by atoms with van der Waals surface area (Å²) < 4.78 is 5.80. The quantitative estimate of drug-likeness (QED) is 0.0371. The average molecular weight is 734 g/mol. The fourth-order valence-corrected chi connectivity index (χ4v) is 7.01. The van der Waals surface area contributed by atoms with Gasteiger partial charge in [0.15, 0.2) is 5.78 Å². The van der Waals surface area contributed by atoms with E-state index >= 15 is 0 Å². The molecule has 0 aliphatic heterocycles. The molecule has 0 saturated carbocycles. The van der Waals surface area contributed by atoms with Gasteiger partial charge in [0.05, 0.1) is 0 Å². The fraction of sp³-hybridized carbons (Fsp3) is 0.891. The van der Waals surface area contributed by atoms with Crippen molar-refractivity contribution in [1.82, 2.24) is 5.32 Å². The number of aliphatic hydroxyl groups excluding tert-OH is 1. The summed E-state index contributed by atoms with van der Waals surface area (Å²) >= 11 is 0. The molecule has 0 aliphatic carbocycles. The zero-order valence-electron chi connectivity index (χ0n) is 35.0. The molecular weight excluding hydrogens is 647 g/mol. The molecule has 0 heterocycles. The van der Waals surface area contributed by atoms with Crippen LogP contribution in [0.1, 0.15) is 246 Å². The lowest BCUT2D eigenvalue weighted by Crippen LogP contribution is -2.54. The normalized spacial score (nSPS) is 13.3. The molecule has 0 spiro atoms. The van der Waals surface area contributed by atoms with Crippen molar-refractivity contribution in [3.63, 3.8) is 0 Å². The number of carbonyl (C=O) groups excluding carboxylic acids is 3. The second-order valence-electron chi connectivity index (χ2n) is 15.6. The van der Waals surface area contributed by atoms with E-state index in [1.165, 1.54) is 148 Å². The molecule has 0 bridgehead atoms. The molecule has 0 aromatic rings. The van der Waals surface area contributed by atoms with Crippen molar-refractivity contribution in [3.8, 4) is 0 Å². The number of rotatable bonds is 40. The monoisotopic (exact) mass is 734 g/mol. The number of unbranched alkanes of at least 4 members (excludes halogenated alkanes) is 27. The van der Waals surface area contributed by atoms with E-state index in [0.717, 1.165) is 38.5 Å². The Labute approximate surface area is 322 Å². The number of Topliss-reactive ketones (excluding diaryl/α,β-unsaturated/α-hetero) is 1. The Morgan fingerprint density at radius 2 is 0.885 bits per heavy atom. The van der Waals surface area contributed by atoms with Gasteiger partial charge in [-0.3, -0.25) is 14.4 Å². The van der Waals surface area contributed by atoms with Gasteiger partial charge in [-0.2, -0.15) is 0 Å². The lowest BCUT2D eigenvalue weighted by molar-refractivity contribution is -0.152. The van der Waals surface area contributed by atoms with Crippen molar-refractivity contribution in [2.75, 3.05) is 0 Å². The second-order valence-corrected chi connectivity index (χ2v) is 15.6. The van der Waals surface area contributed by atoms with E-state index in [1.807, 2.05) is 19.9 Å². The van der Waals surface area contributed by atoms with E-state index in [4.69, 9.17) is 4.74 Å². The van der Waals surface area contributed by atoms with Crippen LogP contribution in [0.2, 0.25) is 0 Å². The molecule has 0 aromatic carbocycles. The van der Waals surface area contributed by atoms with Gasteiger partial charge in [0.25, 0.3) is 0 Å². The second kappa shape index (κ2) is 39.0. The largest absolute Gasteiger partial charge is 0.456 e. The summed E-state index contributed by atoms with van der Waals surface area (Å²) in [5.74, 6) is -0.916. The average Bonchev–Trinajstić information content (AvgIpc) is 3.13. The molecule has 6 heteroatoms. The molecule has 52 heavy (non-hydrogen) atoms. The standard InChI is InChI=1S/C46H87NO5/c1-5-9-11-13-15-17-19-21-23-25-27-29-31-33-35-39-42(52-44(50)38-8-4)45(46(51)41(48)37-7-3)47-43(49)40-36-34-32-30-28-26-24-22-20-18-16-14-12-10-6-2/h35,39,42,45-46,51H,5-34,36-38,40H2,1-4H3,(H,47,49). The lowest BCUT2D eigenvalue weighted by Gasteiger charge is -2.29. The number of aliphatic hydroxyl groups is 1. The maximum atomic E-state index is 13.1. The van der Waals surface area contributed by atoms with Gasteiger partial charge < -0.3 is 15.2 Å². The number of ketones is 1. The van der Waals surface area contributed by atoms with Crippen LogP contribution < -0.4 is 5.32 Å². The van der Waals surface area contributed by atoms with Crippen molar-refractivity contribution in [2.45, 2.75) is 264 Å². The molecule has 306 valence electrons. The van der Waals surface area contributed by atoms with Gasteiger partial charge in [-0.15, -0.1) is 0 Å². The summed E-state index contributed by atoms with van der Waals surface area (Å²) in [4.78, 5) is 38.6. The predicted octanol–water partition coefficient (Wildman–Crippen LogP) is 13.2. The Balaban J connectivity index is 4.68. The highest BCUT2D eigenvalue weighted by atomic mass is 16.5. The summed E-state index contributed by atoms with van der Waals surface area (Å²) in [6.07, 6.45) is 40.2. The third-order valence-electron chi connectivity index (χ3n) is 10.4. The summed E-state index contributed by atoms with van der Waals surface area (Å²) in [6.45, 7) is 8.34. The van der Waals surface area contributed by atoms with E-state index in [2.05, 4.69) is 19.2 Å². The van der Waals surface area contributed by atoms with Crippen LogP contribution in [-0.4, -0.2) is 41.0 Å². The van der Waals surface area contributed by atoms with Crippen molar-refractivity contribution in [2.24, 2.45) is 0 Å². The number of esters is 1. The molecule has 0 saturated heterocycles.